The molecular weight excluding hydrogens is 234 g/mol. The molecule has 2 fully saturated rings. The first kappa shape index (κ1) is 11.6. The van der Waals surface area contributed by atoms with E-state index in [1.54, 1.807) is 15.8 Å². The third-order valence-electron chi connectivity index (χ3n) is 3.39. The predicted octanol–water partition coefficient (Wildman–Crippen LogP) is -0.717. The Balaban J connectivity index is 1.69. The number of carbonyl (C=O) groups is 1. The number of aromatic nitrogens is 3. The molecule has 1 amide bonds. The highest BCUT2D eigenvalue weighted by Crippen LogP contribution is 2.12. The Bertz CT molecular complexity index is 442. The fourth-order valence-corrected chi connectivity index (χ4v) is 2.18. The fraction of sp³-hybridized carbons (Fsp3) is 0.727. The number of carbonyl (C=O) groups excluding carboxylic acids is 1. The van der Waals surface area contributed by atoms with E-state index in [1.165, 1.54) is 0 Å². The maximum Gasteiger partial charge on any atom is 0.276 e. The highest BCUT2D eigenvalue weighted by Gasteiger charge is 2.26. The van der Waals surface area contributed by atoms with Crippen molar-refractivity contribution in [1.29, 1.82) is 0 Å². The van der Waals surface area contributed by atoms with Gasteiger partial charge in [0, 0.05) is 26.2 Å². The summed E-state index contributed by atoms with van der Waals surface area (Å²) < 4.78 is 7.19. The molecule has 0 radical (unpaired) electrons. The van der Waals surface area contributed by atoms with E-state index in [0.717, 1.165) is 13.1 Å². The third kappa shape index (κ3) is 2.11. The summed E-state index contributed by atoms with van der Waals surface area (Å²) in [7, 11) is 0. The van der Waals surface area contributed by atoms with Crippen LogP contribution in [-0.2, 0) is 4.74 Å². The molecule has 2 saturated heterocycles. The van der Waals surface area contributed by atoms with Crippen molar-refractivity contribution in [2.24, 2.45) is 0 Å². The van der Waals surface area contributed by atoms with E-state index in [0.29, 0.717) is 31.4 Å². The Labute approximate surface area is 105 Å². The normalized spacial score (nSPS) is 24.9. The number of amides is 1. The van der Waals surface area contributed by atoms with Gasteiger partial charge in [-0.25, -0.2) is 4.68 Å². The van der Waals surface area contributed by atoms with Crippen LogP contribution in [0.25, 0.3) is 0 Å². The number of rotatable bonds is 2. The van der Waals surface area contributed by atoms with E-state index < -0.39 is 0 Å². The number of nitrogens with one attached hydrogen (secondary N) is 1. The van der Waals surface area contributed by atoms with Crippen LogP contribution in [0, 0.1) is 0 Å². The van der Waals surface area contributed by atoms with E-state index in [2.05, 4.69) is 15.6 Å². The highest BCUT2D eigenvalue weighted by molar-refractivity contribution is 5.92. The van der Waals surface area contributed by atoms with E-state index in [1.807, 2.05) is 6.92 Å². The van der Waals surface area contributed by atoms with Crippen LogP contribution in [0.15, 0.2) is 6.20 Å². The van der Waals surface area contributed by atoms with Crippen molar-refractivity contribution in [3.63, 3.8) is 0 Å². The Hall–Kier alpha value is -1.47. The molecular formula is C11H17N5O2. The minimum atomic E-state index is -0.0521. The van der Waals surface area contributed by atoms with Gasteiger partial charge >= 0.3 is 0 Å². The number of ether oxygens (including phenoxy) is 1. The van der Waals surface area contributed by atoms with Crippen molar-refractivity contribution in [3.05, 3.63) is 11.9 Å². The van der Waals surface area contributed by atoms with Crippen LogP contribution in [-0.4, -0.2) is 64.7 Å². The lowest BCUT2D eigenvalue weighted by Gasteiger charge is -2.30. The van der Waals surface area contributed by atoms with Crippen molar-refractivity contribution in [2.45, 2.75) is 19.1 Å². The summed E-state index contributed by atoms with van der Waals surface area (Å²) in [4.78, 5) is 14.0. The van der Waals surface area contributed by atoms with Crippen molar-refractivity contribution < 1.29 is 9.53 Å². The van der Waals surface area contributed by atoms with Gasteiger partial charge in [-0.2, -0.15) is 0 Å². The third-order valence-corrected chi connectivity index (χ3v) is 3.39. The maximum absolute atomic E-state index is 12.2. The molecule has 2 aliphatic rings. The van der Waals surface area contributed by atoms with Crippen LogP contribution >= 0.6 is 0 Å². The molecule has 0 saturated carbocycles. The number of morpholine rings is 1. The molecule has 0 aliphatic carbocycles. The van der Waals surface area contributed by atoms with E-state index >= 15 is 0 Å². The Kier molecular flexibility index (Phi) is 3.00. The SMILES string of the molecule is CC1CN(C(=O)c2cn(C3CNC3)nn2)CCO1. The van der Waals surface area contributed by atoms with Crippen LogP contribution in [0.2, 0.25) is 0 Å². The molecule has 0 spiro atoms. The number of nitrogens with zero attached hydrogens (tertiary/aromatic N) is 4. The molecule has 1 aromatic heterocycles. The van der Waals surface area contributed by atoms with Gasteiger partial charge in [-0.1, -0.05) is 5.21 Å². The molecule has 1 N–H and O–H groups in total. The summed E-state index contributed by atoms with van der Waals surface area (Å²) in [5, 5.41) is 11.2. The average molecular weight is 251 g/mol. The second kappa shape index (κ2) is 4.66. The fourth-order valence-electron chi connectivity index (χ4n) is 2.18. The summed E-state index contributed by atoms with van der Waals surface area (Å²) in [6.07, 6.45) is 1.84. The summed E-state index contributed by atoms with van der Waals surface area (Å²) in [6, 6.07) is 0.336. The van der Waals surface area contributed by atoms with E-state index in [9.17, 15) is 4.79 Å². The van der Waals surface area contributed by atoms with Gasteiger partial charge in [0.25, 0.3) is 5.91 Å². The number of hydrogen-bond acceptors (Lipinski definition) is 5. The zero-order valence-electron chi connectivity index (χ0n) is 10.4. The smallest absolute Gasteiger partial charge is 0.276 e. The van der Waals surface area contributed by atoms with Gasteiger partial charge in [-0.05, 0) is 6.92 Å². The minimum absolute atomic E-state index is 0.0521. The first-order valence-electron chi connectivity index (χ1n) is 6.27. The van der Waals surface area contributed by atoms with Crippen LogP contribution in [0.4, 0.5) is 0 Å². The Morgan fingerprint density at radius 3 is 3.06 bits per heavy atom. The molecule has 18 heavy (non-hydrogen) atoms. The van der Waals surface area contributed by atoms with E-state index in [-0.39, 0.29) is 12.0 Å². The van der Waals surface area contributed by atoms with Crippen LogP contribution in [0.5, 0.6) is 0 Å². The van der Waals surface area contributed by atoms with Crippen molar-refractivity contribution in [3.8, 4) is 0 Å². The van der Waals surface area contributed by atoms with Crippen LogP contribution in [0.1, 0.15) is 23.5 Å². The summed E-state index contributed by atoms with van der Waals surface area (Å²) in [6.45, 7) is 5.60. The Morgan fingerprint density at radius 1 is 1.56 bits per heavy atom. The largest absolute Gasteiger partial charge is 0.375 e. The molecule has 2 aliphatic heterocycles. The van der Waals surface area contributed by atoms with Crippen LogP contribution < -0.4 is 5.32 Å². The van der Waals surface area contributed by atoms with Gasteiger partial charge in [0.15, 0.2) is 5.69 Å². The van der Waals surface area contributed by atoms with Gasteiger partial charge in [-0.15, -0.1) is 5.10 Å². The topological polar surface area (TPSA) is 72.3 Å². The first-order chi connectivity index (χ1) is 8.74. The maximum atomic E-state index is 12.2. The predicted molar refractivity (Wildman–Crippen MR) is 63.2 cm³/mol. The Morgan fingerprint density at radius 2 is 2.39 bits per heavy atom. The molecule has 1 aromatic rings. The van der Waals surface area contributed by atoms with Gasteiger partial charge in [0.2, 0.25) is 0 Å². The van der Waals surface area contributed by atoms with Gasteiger partial charge in [0.1, 0.15) is 0 Å². The van der Waals surface area contributed by atoms with Gasteiger partial charge in [-0.3, -0.25) is 4.79 Å². The van der Waals surface area contributed by atoms with Crippen molar-refractivity contribution in [1.82, 2.24) is 25.2 Å². The first-order valence-corrected chi connectivity index (χ1v) is 6.27. The zero-order chi connectivity index (χ0) is 12.5. The average Bonchev–Trinajstić information content (AvgIpc) is 2.75. The number of hydrogen-bond donors (Lipinski definition) is 1. The lowest BCUT2D eigenvalue weighted by molar-refractivity contribution is -0.0126. The standard InChI is InChI=1S/C11H17N5O2/c1-8-6-15(2-3-18-8)11(17)10-7-16(14-13-10)9-4-12-5-9/h7-9,12H,2-6H2,1H3. The molecule has 3 rings (SSSR count). The zero-order valence-corrected chi connectivity index (χ0v) is 10.4. The summed E-state index contributed by atoms with van der Waals surface area (Å²) in [5.74, 6) is -0.0521. The lowest BCUT2D eigenvalue weighted by Crippen LogP contribution is -2.44. The molecule has 7 nitrogen and oxygen atoms in total. The van der Waals surface area contributed by atoms with Gasteiger partial charge < -0.3 is 15.0 Å². The summed E-state index contributed by atoms with van der Waals surface area (Å²) >= 11 is 0. The quantitative estimate of drug-likeness (QED) is 0.751. The molecule has 1 atom stereocenters. The highest BCUT2D eigenvalue weighted by atomic mass is 16.5. The molecule has 7 heteroatoms. The van der Waals surface area contributed by atoms with E-state index in [4.69, 9.17) is 4.74 Å². The van der Waals surface area contributed by atoms with Crippen LogP contribution in [0.3, 0.4) is 0 Å². The summed E-state index contributed by atoms with van der Waals surface area (Å²) in [5.41, 5.74) is 0.427. The molecule has 0 bridgehead atoms. The van der Waals surface area contributed by atoms with Gasteiger partial charge in [0.05, 0.1) is 24.9 Å². The second-order valence-corrected chi connectivity index (χ2v) is 4.83. The van der Waals surface area contributed by atoms with Crippen molar-refractivity contribution in [2.75, 3.05) is 32.8 Å². The monoisotopic (exact) mass is 251 g/mol. The second-order valence-electron chi connectivity index (χ2n) is 4.83. The molecule has 1 unspecified atom stereocenters. The van der Waals surface area contributed by atoms with Crippen molar-refractivity contribution >= 4 is 5.91 Å². The lowest BCUT2D eigenvalue weighted by atomic mass is 10.2. The molecule has 98 valence electrons. The molecule has 3 heterocycles. The minimum Gasteiger partial charge on any atom is -0.375 e. The molecule has 0 aromatic carbocycles.